The van der Waals surface area contributed by atoms with E-state index in [1.165, 1.54) is 0 Å². The van der Waals surface area contributed by atoms with E-state index in [0.717, 1.165) is 35.1 Å². The van der Waals surface area contributed by atoms with E-state index in [1.807, 2.05) is 19.1 Å². The molecule has 0 bridgehead atoms. The monoisotopic (exact) mass is 674 g/mol. The maximum absolute atomic E-state index is 14.0. The lowest BCUT2D eigenvalue weighted by Gasteiger charge is -2.40. The predicted octanol–water partition coefficient (Wildman–Crippen LogP) is 9.41. The number of carbonyl (C=O) groups is 1. The van der Waals surface area contributed by atoms with Gasteiger partial charge in [-0.25, -0.2) is 0 Å². The highest BCUT2D eigenvalue weighted by Gasteiger charge is 2.50. The molecule has 0 N–H and O–H groups in total. The first kappa shape index (κ1) is 35.5. The smallest absolute Gasteiger partial charge is 0.397 e. The van der Waals surface area contributed by atoms with Crippen LogP contribution in [0.2, 0.25) is 0 Å². The topological polar surface area (TPSA) is 89.5 Å². The summed E-state index contributed by atoms with van der Waals surface area (Å²) in [5.41, 5.74) is 2.08. The fourth-order valence-electron chi connectivity index (χ4n) is 7.54. The number of ether oxygens (including phenoxy) is 1. The minimum Gasteiger partial charge on any atom is -0.426 e. The lowest BCUT2D eigenvalue weighted by atomic mass is 9.68. The predicted molar refractivity (Wildman–Crippen MR) is 182 cm³/mol. The largest absolute Gasteiger partial charge is 0.426 e. The van der Waals surface area contributed by atoms with Gasteiger partial charge in [-0.3, -0.25) is 9.36 Å². The summed E-state index contributed by atoms with van der Waals surface area (Å²) < 4.78 is 46.8. The minimum absolute atomic E-state index is 0.0958. The average molecular weight is 675 g/mol. The van der Waals surface area contributed by atoms with Crippen LogP contribution in [0, 0.1) is 16.2 Å². The van der Waals surface area contributed by atoms with Crippen molar-refractivity contribution < 1.29 is 36.7 Å². The molecule has 2 aromatic rings. The molecule has 3 heterocycles. The first-order chi connectivity index (χ1) is 21.1. The summed E-state index contributed by atoms with van der Waals surface area (Å²) in [5.74, 6) is 0.751. The molecule has 1 unspecified atom stereocenters. The lowest BCUT2D eigenvalue weighted by Crippen LogP contribution is -2.44. The standard InChI is InChI=1S/C36H52O8P2/c1-31(2,3)18-33(7,8)24-12-14-28-26(16-24)35(11,30(37)43-28)27-17-25(34(9,10)19-32(4,5)6)13-15-29(27)44-46-41-22-36(23-42-46)20-39-45(38)40-21-36/h12-17,45H,18-23H2,1-11H3. The normalized spacial score (nSPS) is 27.4. The van der Waals surface area contributed by atoms with Gasteiger partial charge in [0.2, 0.25) is 0 Å². The van der Waals surface area contributed by atoms with Gasteiger partial charge in [-0.15, -0.1) is 0 Å². The average Bonchev–Trinajstić information content (AvgIpc) is 3.19. The van der Waals surface area contributed by atoms with Crippen LogP contribution in [0.5, 0.6) is 11.5 Å². The van der Waals surface area contributed by atoms with Crippen molar-refractivity contribution in [1.82, 2.24) is 0 Å². The van der Waals surface area contributed by atoms with Gasteiger partial charge in [-0.2, -0.15) is 0 Å². The molecular weight excluding hydrogens is 622 g/mol. The summed E-state index contributed by atoms with van der Waals surface area (Å²) >= 11 is 0. The Kier molecular flexibility index (Phi) is 9.47. The molecule has 2 saturated heterocycles. The van der Waals surface area contributed by atoms with Crippen LogP contribution >= 0.6 is 16.9 Å². The molecule has 0 aliphatic carbocycles. The molecule has 254 valence electrons. The Hall–Kier alpha value is -1.79. The summed E-state index contributed by atoms with van der Waals surface area (Å²) in [6, 6.07) is 12.3. The van der Waals surface area contributed by atoms with Crippen LogP contribution in [0.15, 0.2) is 36.4 Å². The van der Waals surface area contributed by atoms with Gasteiger partial charge in [0.15, 0.2) is 0 Å². The van der Waals surface area contributed by atoms with Gasteiger partial charge in [-0.05, 0) is 64.7 Å². The van der Waals surface area contributed by atoms with Crippen molar-refractivity contribution in [2.75, 3.05) is 26.4 Å². The molecule has 0 aromatic heterocycles. The van der Waals surface area contributed by atoms with Crippen molar-refractivity contribution in [2.45, 2.75) is 105 Å². The van der Waals surface area contributed by atoms with Crippen LogP contribution in [0.3, 0.4) is 0 Å². The fraction of sp³-hybridized carbons (Fsp3) is 0.639. The van der Waals surface area contributed by atoms with Crippen molar-refractivity contribution in [2.24, 2.45) is 16.2 Å². The van der Waals surface area contributed by atoms with Crippen molar-refractivity contribution >= 4 is 22.8 Å². The maximum Gasteiger partial charge on any atom is 0.397 e. The number of esters is 1. The Morgan fingerprint density at radius 3 is 1.78 bits per heavy atom. The first-order valence-corrected chi connectivity index (χ1v) is 18.5. The second-order valence-corrected chi connectivity index (χ2v) is 19.6. The molecule has 2 aromatic carbocycles. The third kappa shape index (κ3) is 7.43. The van der Waals surface area contributed by atoms with E-state index in [1.54, 1.807) is 0 Å². The molecule has 0 amide bonds. The highest BCUT2D eigenvalue weighted by Crippen LogP contribution is 2.55. The van der Waals surface area contributed by atoms with E-state index in [2.05, 4.69) is 93.5 Å². The van der Waals surface area contributed by atoms with Crippen LogP contribution in [-0.4, -0.2) is 32.4 Å². The number of fused-ring (bicyclic) bond motifs is 1. The highest BCUT2D eigenvalue weighted by atomic mass is 31.2. The van der Waals surface area contributed by atoms with Crippen LogP contribution in [-0.2, 0) is 43.7 Å². The summed E-state index contributed by atoms with van der Waals surface area (Å²) in [6.07, 6.45) is 1.92. The number of carbonyl (C=O) groups excluding carboxylic acids is 1. The quantitative estimate of drug-likeness (QED) is 0.163. The number of hydrogen-bond acceptors (Lipinski definition) is 8. The van der Waals surface area contributed by atoms with Crippen LogP contribution in [0.1, 0.15) is 111 Å². The maximum atomic E-state index is 14.0. The SMILES string of the molecule is CC(C)(C)CC(C)(C)c1ccc2c(c1)C(C)(c1cc(C(C)(C)CC(C)(C)C)ccc1OP1OCC3(CO1)CO[PH](=O)OC3)C(=O)O2. The summed E-state index contributed by atoms with van der Waals surface area (Å²) in [4.78, 5) is 14.0. The fourth-order valence-corrected chi connectivity index (χ4v) is 9.73. The molecule has 2 fully saturated rings. The third-order valence-corrected chi connectivity index (χ3v) is 11.1. The molecule has 3 aliphatic heterocycles. The zero-order valence-electron chi connectivity index (χ0n) is 29.4. The third-order valence-electron chi connectivity index (χ3n) is 9.27. The van der Waals surface area contributed by atoms with E-state index in [0.29, 0.717) is 11.5 Å². The Balaban J connectivity index is 1.55. The van der Waals surface area contributed by atoms with E-state index < -0.39 is 27.7 Å². The molecule has 1 spiro atoms. The minimum atomic E-state index is -2.46. The molecule has 1 atom stereocenters. The molecule has 46 heavy (non-hydrogen) atoms. The van der Waals surface area contributed by atoms with Crippen LogP contribution in [0.4, 0.5) is 0 Å². The number of rotatable bonds is 7. The van der Waals surface area contributed by atoms with Gasteiger partial charge in [0, 0.05) is 11.1 Å². The highest BCUT2D eigenvalue weighted by molar-refractivity contribution is 7.42. The van der Waals surface area contributed by atoms with E-state index in [4.69, 9.17) is 27.4 Å². The summed E-state index contributed by atoms with van der Waals surface area (Å²) in [6.45, 7) is 25.5. The Bertz CT molecular complexity index is 1480. The molecule has 3 aliphatic rings. The van der Waals surface area contributed by atoms with Crippen molar-refractivity contribution in [3.05, 3.63) is 58.7 Å². The zero-order valence-corrected chi connectivity index (χ0v) is 31.3. The van der Waals surface area contributed by atoms with E-state index in [9.17, 15) is 9.36 Å². The second-order valence-electron chi connectivity index (χ2n) is 17.4. The molecule has 0 saturated carbocycles. The van der Waals surface area contributed by atoms with Crippen LogP contribution in [0.25, 0.3) is 0 Å². The lowest BCUT2D eigenvalue weighted by molar-refractivity contribution is -0.136. The molecule has 5 rings (SSSR count). The van der Waals surface area contributed by atoms with Gasteiger partial charge >= 0.3 is 22.8 Å². The van der Waals surface area contributed by atoms with E-state index >= 15 is 0 Å². The first-order valence-electron chi connectivity index (χ1n) is 16.2. The summed E-state index contributed by atoms with van der Waals surface area (Å²) in [7, 11) is -4.24. The van der Waals surface area contributed by atoms with Gasteiger partial charge in [-0.1, -0.05) is 93.5 Å². The van der Waals surface area contributed by atoms with Crippen molar-refractivity contribution in [3.63, 3.8) is 0 Å². The Labute approximate surface area is 277 Å². The molecular formula is C36H52O8P2. The van der Waals surface area contributed by atoms with Gasteiger partial charge in [0.05, 0.1) is 31.8 Å². The second kappa shape index (κ2) is 12.3. The molecule has 10 heteroatoms. The van der Waals surface area contributed by atoms with Crippen molar-refractivity contribution in [3.8, 4) is 11.5 Å². The Morgan fingerprint density at radius 2 is 1.26 bits per heavy atom. The Morgan fingerprint density at radius 1 is 0.761 bits per heavy atom. The van der Waals surface area contributed by atoms with Crippen molar-refractivity contribution in [1.29, 1.82) is 0 Å². The van der Waals surface area contributed by atoms with Crippen LogP contribution < -0.4 is 9.26 Å². The summed E-state index contributed by atoms with van der Waals surface area (Å²) in [5, 5.41) is 0. The zero-order chi connectivity index (χ0) is 33.9. The number of benzene rings is 2. The van der Waals surface area contributed by atoms with Gasteiger partial charge < -0.3 is 27.4 Å². The molecule has 8 nitrogen and oxygen atoms in total. The van der Waals surface area contributed by atoms with E-state index in [-0.39, 0.29) is 54.1 Å². The molecule has 0 radical (unpaired) electrons. The van der Waals surface area contributed by atoms with Gasteiger partial charge in [0.1, 0.15) is 16.9 Å². The number of hydrogen-bond donors (Lipinski definition) is 0. The van der Waals surface area contributed by atoms with Gasteiger partial charge in [0.25, 0.3) is 0 Å².